The first kappa shape index (κ1) is 14.9. The highest BCUT2D eigenvalue weighted by atomic mass is 16.6. The first-order chi connectivity index (χ1) is 9.70. The van der Waals surface area contributed by atoms with Crippen LogP contribution in [0, 0.1) is 0 Å². The molecule has 20 heavy (non-hydrogen) atoms. The Morgan fingerprint density at radius 2 is 2.20 bits per heavy atom. The molecule has 0 aromatic heterocycles. The summed E-state index contributed by atoms with van der Waals surface area (Å²) in [4.78, 5) is 9.69. The summed E-state index contributed by atoms with van der Waals surface area (Å²) in [5.41, 5.74) is 3.87. The summed E-state index contributed by atoms with van der Waals surface area (Å²) >= 11 is 0. The maximum absolute atomic E-state index is 5.25. The number of nitrogens with one attached hydrogen (secondary N) is 4. The third-order valence-electron chi connectivity index (χ3n) is 3.63. The third kappa shape index (κ3) is 3.98. The second kappa shape index (κ2) is 7.31. The van der Waals surface area contributed by atoms with Crippen molar-refractivity contribution in [2.75, 3.05) is 20.1 Å². The summed E-state index contributed by atoms with van der Waals surface area (Å²) < 4.78 is 0. The summed E-state index contributed by atoms with van der Waals surface area (Å²) in [7, 11) is 1.75. The minimum absolute atomic E-state index is 0.116. The first-order valence-electron chi connectivity index (χ1n) is 7.19. The van der Waals surface area contributed by atoms with Gasteiger partial charge in [-0.2, -0.15) is 5.48 Å². The zero-order chi connectivity index (χ0) is 14.4. The average molecular weight is 279 g/mol. The summed E-state index contributed by atoms with van der Waals surface area (Å²) in [6.07, 6.45) is 6.08. The lowest BCUT2D eigenvalue weighted by atomic mass is 10.0. The molecule has 0 radical (unpaired) electrons. The second-order valence-electron chi connectivity index (χ2n) is 5.19. The normalized spacial score (nSPS) is 24.6. The minimum Gasteiger partial charge on any atom is -0.414 e. The molecule has 0 bridgehead atoms. The molecule has 6 heteroatoms. The van der Waals surface area contributed by atoms with Crippen molar-refractivity contribution in [3.05, 3.63) is 23.2 Å². The molecule has 0 aromatic carbocycles. The number of aliphatic imine (C=N–C) groups is 1. The van der Waals surface area contributed by atoms with Gasteiger partial charge in [0.05, 0.1) is 12.4 Å². The Labute approximate surface area is 120 Å². The Balaban J connectivity index is 2.02. The molecule has 2 aliphatic rings. The lowest BCUT2D eigenvalue weighted by Crippen LogP contribution is -2.42. The number of hydrogen-bond donors (Lipinski definition) is 4. The van der Waals surface area contributed by atoms with E-state index in [1.54, 1.807) is 13.4 Å². The van der Waals surface area contributed by atoms with E-state index < -0.39 is 0 Å². The van der Waals surface area contributed by atoms with Crippen LogP contribution in [0.5, 0.6) is 0 Å². The number of hydroxylamine groups is 1. The van der Waals surface area contributed by atoms with Crippen LogP contribution in [0.1, 0.15) is 26.7 Å². The predicted molar refractivity (Wildman–Crippen MR) is 81.0 cm³/mol. The fraction of sp³-hybridized carbons (Fsp3) is 0.643. The molecule has 0 spiro atoms. The van der Waals surface area contributed by atoms with Crippen LogP contribution in [0.15, 0.2) is 28.2 Å². The van der Waals surface area contributed by atoms with Crippen molar-refractivity contribution in [1.29, 1.82) is 0 Å². The summed E-state index contributed by atoms with van der Waals surface area (Å²) in [6.45, 7) is 6.17. The lowest BCUT2D eigenvalue weighted by molar-refractivity contribution is 0.127. The molecule has 0 aliphatic carbocycles. The quantitative estimate of drug-likeness (QED) is 0.439. The monoisotopic (exact) mass is 279 g/mol. The molecule has 2 rings (SSSR count). The van der Waals surface area contributed by atoms with Crippen molar-refractivity contribution < 1.29 is 4.84 Å². The molecule has 1 fully saturated rings. The van der Waals surface area contributed by atoms with Gasteiger partial charge in [-0.3, -0.25) is 0 Å². The molecule has 4 N–H and O–H groups in total. The zero-order valence-corrected chi connectivity index (χ0v) is 12.5. The number of nitrogens with zero attached hydrogens (tertiary/aromatic N) is 1. The first-order valence-corrected chi connectivity index (χ1v) is 7.19. The van der Waals surface area contributed by atoms with E-state index >= 15 is 0 Å². The van der Waals surface area contributed by atoms with Gasteiger partial charge < -0.3 is 20.8 Å². The second-order valence-corrected chi connectivity index (χ2v) is 5.19. The minimum atomic E-state index is 0.116. The topological polar surface area (TPSA) is 69.7 Å². The maximum Gasteiger partial charge on any atom is 0.129 e. The molecule has 0 saturated carbocycles. The van der Waals surface area contributed by atoms with Crippen molar-refractivity contribution in [2.45, 2.75) is 38.8 Å². The standard InChI is InChI=1S/C14H25N5O/c1-10(20-15-3)8-13-11(2)14(18-9-17-13)19-12-4-6-16-7-5-12/h8-9,12-13,15-16,19H,4-7H2,1-3H3,(H,17,18)/b10-8+. The van der Waals surface area contributed by atoms with Crippen molar-refractivity contribution >= 4 is 6.34 Å². The number of rotatable bonds is 5. The molecule has 2 aliphatic heterocycles. The van der Waals surface area contributed by atoms with Crippen LogP contribution in [-0.2, 0) is 4.84 Å². The van der Waals surface area contributed by atoms with Gasteiger partial charge in [0.1, 0.15) is 11.6 Å². The van der Waals surface area contributed by atoms with Crippen molar-refractivity contribution in [3.63, 3.8) is 0 Å². The van der Waals surface area contributed by atoms with Gasteiger partial charge in [0.25, 0.3) is 0 Å². The van der Waals surface area contributed by atoms with Gasteiger partial charge in [0, 0.05) is 13.1 Å². The van der Waals surface area contributed by atoms with Gasteiger partial charge in [0.2, 0.25) is 0 Å². The zero-order valence-electron chi connectivity index (χ0n) is 12.5. The van der Waals surface area contributed by atoms with E-state index in [9.17, 15) is 0 Å². The molecule has 0 aromatic rings. The summed E-state index contributed by atoms with van der Waals surface area (Å²) in [5.74, 6) is 1.81. The molecule has 2 heterocycles. The van der Waals surface area contributed by atoms with E-state index in [0.29, 0.717) is 6.04 Å². The van der Waals surface area contributed by atoms with Crippen molar-refractivity contribution in [2.24, 2.45) is 4.99 Å². The Morgan fingerprint density at radius 3 is 2.90 bits per heavy atom. The van der Waals surface area contributed by atoms with Crippen LogP contribution in [-0.4, -0.2) is 38.6 Å². The molecule has 112 valence electrons. The molecular weight excluding hydrogens is 254 g/mol. The highest BCUT2D eigenvalue weighted by Gasteiger charge is 2.19. The average Bonchev–Trinajstić information content (AvgIpc) is 2.45. The lowest BCUT2D eigenvalue weighted by Gasteiger charge is -2.28. The maximum atomic E-state index is 5.25. The van der Waals surface area contributed by atoms with Crippen LogP contribution in [0.3, 0.4) is 0 Å². The smallest absolute Gasteiger partial charge is 0.129 e. The Kier molecular flexibility index (Phi) is 5.43. The van der Waals surface area contributed by atoms with Crippen LogP contribution in [0.2, 0.25) is 0 Å². The molecule has 1 saturated heterocycles. The number of piperidine rings is 1. The van der Waals surface area contributed by atoms with Crippen LogP contribution >= 0.6 is 0 Å². The fourth-order valence-electron chi connectivity index (χ4n) is 2.47. The summed E-state index contributed by atoms with van der Waals surface area (Å²) in [5, 5.41) is 10.2. The van der Waals surface area contributed by atoms with Gasteiger partial charge in [-0.15, -0.1) is 0 Å². The largest absolute Gasteiger partial charge is 0.414 e. The highest BCUT2D eigenvalue weighted by molar-refractivity contribution is 5.61. The number of hydrogen-bond acceptors (Lipinski definition) is 6. The third-order valence-corrected chi connectivity index (χ3v) is 3.63. The highest BCUT2D eigenvalue weighted by Crippen LogP contribution is 2.16. The van der Waals surface area contributed by atoms with Crippen molar-refractivity contribution in [3.8, 4) is 0 Å². The molecule has 1 unspecified atom stereocenters. The van der Waals surface area contributed by atoms with E-state index in [1.165, 1.54) is 5.57 Å². The van der Waals surface area contributed by atoms with Gasteiger partial charge in [0.15, 0.2) is 0 Å². The summed E-state index contributed by atoms with van der Waals surface area (Å²) in [6, 6.07) is 0.626. The van der Waals surface area contributed by atoms with Crippen LogP contribution in [0.4, 0.5) is 0 Å². The Bertz CT molecular complexity index is 410. The fourth-order valence-corrected chi connectivity index (χ4v) is 2.47. The van der Waals surface area contributed by atoms with E-state index in [4.69, 9.17) is 4.84 Å². The van der Waals surface area contributed by atoms with Gasteiger partial charge >= 0.3 is 0 Å². The SMILES string of the molecule is CNO/C(C)=C/C1NC=NC(NC2CCNCC2)=C1C. The Morgan fingerprint density at radius 1 is 1.45 bits per heavy atom. The van der Waals surface area contributed by atoms with Gasteiger partial charge in [-0.05, 0) is 51.4 Å². The number of allylic oxidation sites excluding steroid dienone is 1. The van der Waals surface area contributed by atoms with E-state index in [2.05, 4.69) is 33.3 Å². The Hall–Kier alpha value is -1.53. The van der Waals surface area contributed by atoms with Crippen LogP contribution < -0.4 is 21.4 Å². The molecular formula is C14H25N5O. The van der Waals surface area contributed by atoms with E-state index in [-0.39, 0.29) is 6.04 Å². The van der Waals surface area contributed by atoms with Gasteiger partial charge in [-0.25, -0.2) is 4.99 Å². The molecule has 6 nitrogen and oxygen atoms in total. The van der Waals surface area contributed by atoms with Gasteiger partial charge in [-0.1, -0.05) is 0 Å². The molecule has 1 atom stereocenters. The molecule has 0 amide bonds. The van der Waals surface area contributed by atoms with E-state index in [1.807, 2.05) is 13.0 Å². The van der Waals surface area contributed by atoms with E-state index in [0.717, 1.165) is 37.5 Å². The van der Waals surface area contributed by atoms with Crippen molar-refractivity contribution in [1.82, 2.24) is 21.4 Å². The van der Waals surface area contributed by atoms with Crippen LogP contribution in [0.25, 0.3) is 0 Å². The predicted octanol–water partition coefficient (Wildman–Crippen LogP) is 0.614.